The third kappa shape index (κ3) is 8.52. The predicted molar refractivity (Wildman–Crippen MR) is 112 cm³/mol. The van der Waals surface area contributed by atoms with Crippen molar-refractivity contribution in [1.82, 2.24) is 15.1 Å². The molecule has 136 valence electrons. The van der Waals surface area contributed by atoms with E-state index in [1.807, 2.05) is 7.05 Å². The monoisotopic (exact) mass is 446 g/mol. The summed E-state index contributed by atoms with van der Waals surface area (Å²) in [5.41, 5.74) is 2.48. The standard InChI is InChI=1S/C18H30N4O.HI/c1-6-7-12-19-18(20-13-17(23)21(3)4)22(5)14-16-10-8-15(2)9-11-16;/h8-11H,6-7,12-14H2,1-5H3,(H,19,20);1H. The number of guanidine groups is 1. The Kier molecular flexibility index (Phi) is 11.4. The van der Waals surface area contributed by atoms with Gasteiger partial charge in [0.2, 0.25) is 5.91 Å². The number of amides is 1. The van der Waals surface area contributed by atoms with Crippen LogP contribution in [0.25, 0.3) is 0 Å². The fourth-order valence-electron chi connectivity index (χ4n) is 2.01. The number of hydrogen-bond acceptors (Lipinski definition) is 2. The number of rotatable bonds is 7. The Morgan fingerprint density at radius 2 is 1.79 bits per heavy atom. The quantitative estimate of drug-likeness (QED) is 0.303. The van der Waals surface area contributed by atoms with Crippen molar-refractivity contribution in [3.63, 3.8) is 0 Å². The Morgan fingerprint density at radius 3 is 2.33 bits per heavy atom. The van der Waals surface area contributed by atoms with Crippen LogP contribution in [0.5, 0.6) is 0 Å². The molecule has 0 atom stereocenters. The molecule has 0 spiro atoms. The SMILES string of the molecule is CCCCNC(=NCC(=O)N(C)C)N(C)Cc1ccc(C)cc1.I. The second kappa shape index (κ2) is 12.1. The van der Waals surface area contributed by atoms with Gasteiger partial charge < -0.3 is 15.1 Å². The van der Waals surface area contributed by atoms with Gasteiger partial charge in [0.15, 0.2) is 5.96 Å². The minimum absolute atomic E-state index is 0. The van der Waals surface area contributed by atoms with Gasteiger partial charge in [-0.1, -0.05) is 43.2 Å². The minimum Gasteiger partial charge on any atom is -0.356 e. The van der Waals surface area contributed by atoms with Gasteiger partial charge >= 0.3 is 0 Å². The Balaban J connectivity index is 0.00000529. The van der Waals surface area contributed by atoms with Crippen molar-refractivity contribution in [3.05, 3.63) is 35.4 Å². The van der Waals surface area contributed by atoms with Crippen molar-refractivity contribution >= 4 is 35.8 Å². The first-order valence-corrected chi connectivity index (χ1v) is 8.19. The number of carbonyl (C=O) groups excluding carboxylic acids is 1. The lowest BCUT2D eigenvalue weighted by molar-refractivity contribution is -0.127. The number of halogens is 1. The summed E-state index contributed by atoms with van der Waals surface area (Å²) in [6.07, 6.45) is 2.21. The second-order valence-corrected chi connectivity index (χ2v) is 6.05. The molecule has 0 aromatic heterocycles. The molecule has 0 bridgehead atoms. The summed E-state index contributed by atoms with van der Waals surface area (Å²) in [6.45, 7) is 6.03. The molecule has 0 aliphatic rings. The number of aliphatic imine (C=N–C) groups is 1. The Morgan fingerprint density at radius 1 is 1.17 bits per heavy atom. The molecular weight excluding hydrogens is 415 g/mol. The van der Waals surface area contributed by atoms with E-state index < -0.39 is 0 Å². The summed E-state index contributed by atoms with van der Waals surface area (Å²) in [5.74, 6) is 0.776. The molecule has 0 aliphatic carbocycles. The van der Waals surface area contributed by atoms with Crippen LogP contribution in [0.4, 0.5) is 0 Å². The van der Waals surface area contributed by atoms with Gasteiger partial charge in [-0.05, 0) is 18.9 Å². The third-order valence-corrected chi connectivity index (χ3v) is 3.58. The number of aryl methyl sites for hydroxylation is 1. The Bertz CT molecular complexity index is 514. The number of likely N-dealkylation sites (N-methyl/N-ethyl adjacent to an activating group) is 1. The van der Waals surface area contributed by atoms with Crippen molar-refractivity contribution in [2.75, 3.05) is 34.2 Å². The molecule has 1 aromatic rings. The number of nitrogens with zero attached hydrogens (tertiary/aromatic N) is 3. The van der Waals surface area contributed by atoms with E-state index in [4.69, 9.17) is 0 Å². The van der Waals surface area contributed by atoms with Gasteiger partial charge in [0.05, 0.1) is 0 Å². The maximum atomic E-state index is 11.8. The summed E-state index contributed by atoms with van der Waals surface area (Å²) < 4.78 is 0. The van der Waals surface area contributed by atoms with Crippen LogP contribution in [0, 0.1) is 6.92 Å². The van der Waals surface area contributed by atoms with Gasteiger partial charge in [0.25, 0.3) is 0 Å². The van der Waals surface area contributed by atoms with E-state index in [1.165, 1.54) is 11.1 Å². The maximum absolute atomic E-state index is 11.8. The van der Waals surface area contributed by atoms with Crippen LogP contribution in [0.3, 0.4) is 0 Å². The molecule has 1 rings (SSSR count). The molecule has 24 heavy (non-hydrogen) atoms. The van der Waals surface area contributed by atoms with Crippen LogP contribution in [-0.2, 0) is 11.3 Å². The first-order valence-electron chi connectivity index (χ1n) is 8.19. The summed E-state index contributed by atoms with van der Waals surface area (Å²) >= 11 is 0. The molecule has 0 saturated carbocycles. The molecule has 6 heteroatoms. The minimum atomic E-state index is 0. The highest BCUT2D eigenvalue weighted by molar-refractivity contribution is 14.0. The van der Waals surface area contributed by atoms with Crippen molar-refractivity contribution in [2.45, 2.75) is 33.2 Å². The third-order valence-electron chi connectivity index (χ3n) is 3.58. The van der Waals surface area contributed by atoms with E-state index in [1.54, 1.807) is 19.0 Å². The number of benzene rings is 1. The zero-order valence-corrected chi connectivity index (χ0v) is 17.8. The molecule has 0 aliphatic heterocycles. The number of unbranched alkanes of at least 4 members (excludes halogenated alkanes) is 1. The smallest absolute Gasteiger partial charge is 0.243 e. The Labute approximate surface area is 163 Å². The molecule has 1 N–H and O–H groups in total. The van der Waals surface area contributed by atoms with Crippen LogP contribution < -0.4 is 5.32 Å². The van der Waals surface area contributed by atoms with Crippen LogP contribution in [0.15, 0.2) is 29.3 Å². The highest BCUT2D eigenvalue weighted by atomic mass is 127. The fourth-order valence-corrected chi connectivity index (χ4v) is 2.01. The molecule has 0 fully saturated rings. The molecular formula is C18H31IN4O. The fraction of sp³-hybridized carbons (Fsp3) is 0.556. The van der Waals surface area contributed by atoms with Gasteiger partial charge in [-0.25, -0.2) is 4.99 Å². The lowest BCUT2D eigenvalue weighted by Gasteiger charge is -2.23. The molecule has 1 amide bonds. The average Bonchev–Trinajstić information content (AvgIpc) is 2.52. The van der Waals surface area contributed by atoms with Crippen LogP contribution in [0.1, 0.15) is 30.9 Å². The maximum Gasteiger partial charge on any atom is 0.243 e. The summed E-state index contributed by atoms with van der Waals surface area (Å²) in [4.78, 5) is 19.9. The molecule has 0 radical (unpaired) electrons. The summed E-state index contributed by atoms with van der Waals surface area (Å²) in [7, 11) is 5.49. The molecule has 0 saturated heterocycles. The van der Waals surface area contributed by atoms with E-state index in [0.29, 0.717) is 0 Å². The van der Waals surface area contributed by atoms with E-state index in [9.17, 15) is 4.79 Å². The van der Waals surface area contributed by atoms with Gasteiger partial charge in [0, 0.05) is 34.2 Å². The highest BCUT2D eigenvalue weighted by Crippen LogP contribution is 2.06. The number of carbonyl (C=O) groups is 1. The van der Waals surface area contributed by atoms with Crippen LogP contribution in [0.2, 0.25) is 0 Å². The topological polar surface area (TPSA) is 47.9 Å². The predicted octanol–water partition coefficient (Wildman–Crippen LogP) is 2.88. The average molecular weight is 446 g/mol. The van der Waals surface area contributed by atoms with Gasteiger partial charge in [-0.15, -0.1) is 24.0 Å². The van der Waals surface area contributed by atoms with E-state index in [0.717, 1.165) is 31.9 Å². The molecule has 5 nitrogen and oxygen atoms in total. The normalized spacial score (nSPS) is 10.8. The lowest BCUT2D eigenvalue weighted by Crippen LogP contribution is -2.40. The number of hydrogen-bond donors (Lipinski definition) is 1. The Hall–Kier alpha value is -1.31. The van der Waals surface area contributed by atoms with E-state index in [2.05, 4.69) is 53.3 Å². The van der Waals surface area contributed by atoms with Crippen molar-refractivity contribution < 1.29 is 4.79 Å². The second-order valence-electron chi connectivity index (χ2n) is 6.05. The van der Waals surface area contributed by atoms with E-state index in [-0.39, 0.29) is 36.4 Å². The lowest BCUT2D eigenvalue weighted by atomic mass is 10.1. The van der Waals surface area contributed by atoms with Crippen molar-refractivity contribution in [3.8, 4) is 0 Å². The van der Waals surface area contributed by atoms with Crippen molar-refractivity contribution in [1.29, 1.82) is 0 Å². The van der Waals surface area contributed by atoms with Gasteiger partial charge in [0.1, 0.15) is 6.54 Å². The van der Waals surface area contributed by atoms with Gasteiger partial charge in [-0.3, -0.25) is 4.79 Å². The molecule has 0 heterocycles. The highest BCUT2D eigenvalue weighted by Gasteiger charge is 2.09. The molecule has 1 aromatic carbocycles. The van der Waals surface area contributed by atoms with Crippen LogP contribution in [-0.4, -0.2) is 55.9 Å². The number of nitrogens with one attached hydrogen (secondary N) is 1. The molecule has 0 unspecified atom stereocenters. The van der Waals surface area contributed by atoms with Crippen molar-refractivity contribution in [2.24, 2.45) is 4.99 Å². The zero-order chi connectivity index (χ0) is 17.2. The van der Waals surface area contributed by atoms with Crippen LogP contribution >= 0.6 is 24.0 Å². The zero-order valence-electron chi connectivity index (χ0n) is 15.5. The largest absolute Gasteiger partial charge is 0.356 e. The first-order chi connectivity index (χ1) is 10.9. The summed E-state index contributed by atoms with van der Waals surface area (Å²) in [6, 6.07) is 8.47. The first kappa shape index (κ1) is 22.7. The van der Waals surface area contributed by atoms with E-state index >= 15 is 0 Å². The van der Waals surface area contributed by atoms with Gasteiger partial charge in [-0.2, -0.15) is 0 Å². The summed E-state index contributed by atoms with van der Waals surface area (Å²) in [5, 5.41) is 3.35.